The van der Waals surface area contributed by atoms with Gasteiger partial charge in [-0.25, -0.2) is 13.1 Å². The number of ether oxygens (including phenoxy) is 1. The van der Waals surface area contributed by atoms with Crippen molar-refractivity contribution < 1.29 is 22.7 Å². The van der Waals surface area contributed by atoms with Crippen LogP contribution in [-0.4, -0.2) is 32.9 Å². The summed E-state index contributed by atoms with van der Waals surface area (Å²) in [5.74, 6) is -0.911. The maximum absolute atomic E-state index is 12.6. The molecule has 0 aliphatic rings. The number of rotatable bonds is 8. The number of sulfonamides is 1. The summed E-state index contributed by atoms with van der Waals surface area (Å²) in [6.45, 7) is 5.42. The van der Waals surface area contributed by atoms with Gasteiger partial charge < -0.3 is 15.8 Å². The zero-order chi connectivity index (χ0) is 20.9. The molecule has 0 spiro atoms. The fourth-order valence-corrected chi connectivity index (χ4v) is 3.85. The van der Waals surface area contributed by atoms with Gasteiger partial charge in [0, 0.05) is 22.9 Å². The Balaban J connectivity index is 2.33. The van der Waals surface area contributed by atoms with Crippen molar-refractivity contribution in [2.75, 3.05) is 11.9 Å². The second-order valence-corrected chi connectivity index (χ2v) is 7.95. The summed E-state index contributed by atoms with van der Waals surface area (Å²) in [7, 11) is -3.86. The van der Waals surface area contributed by atoms with Crippen LogP contribution in [0, 0.1) is 0 Å². The van der Waals surface area contributed by atoms with Gasteiger partial charge in [-0.2, -0.15) is 0 Å². The van der Waals surface area contributed by atoms with E-state index in [1.165, 1.54) is 42.5 Å². The Morgan fingerprint density at radius 3 is 2.21 bits per heavy atom. The second-order valence-electron chi connectivity index (χ2n) is 6.27. The molecule has 0 saturated heterocycles. The monoisotopic (exact) mass is 405 g/mol. The van der Waals surface area contributed by atoms with Gasteiger partial charge in [0.15, 0.2) is 0 Å². The fourth-order valence-electron chi connectivity index (χ4n) is 2.43. The van der Waals surface area contributed by atoms with Gasteiger partial charge in [0.1, 0.15) is 10.6 Å². The van der Waals surface area contributed by atoms with E-state index in [1.807, 2.05) is 0 Å². The van der Waals surface area contributed by atoms with Gasteiger partial charge in [-0.05, 0) is 63.2 Å². The minimum Gasteiger partial charge on any atom is -0.492 e. The second kappa shape index (κ2) is 8.85. The van der Waals surface area contributed by atoms with Crippen LogP contribution in [0.1, 0.15) is 41.5 Å². The highest BCUT2D eigenvalue weighted by molar-refractivity contribution is 7.89. The molecule has 8 nitrogen and oxygen atoms in total. The summed E-state index contributed by atoms with van der Waals surface area (Å²) < 4.78 is 33.1. The van der Waals surface area contributed by atoms with Crippen LogP contribution in [0.25, 0.3) is 0 Å². The van der Waals surface area contributed by atoms with E-state index >= 15 is 0 Å². The first-order valence-electron chi connectivity index (χ1n) is 8.64. The van der Waals surface area contributed by atoms with E-state index in [0.29, 0.717) is 11.3 Å². The van der Waals surface area contributed by atoms with Crippen molar-refractivity contribution in [2.24, 2.45) is 5.73 Å². The smallest absolute Gasteiger partial charge is 0.255 e. The quantitative estimate of drug-likeness (QED) is 0.620. The predicted octanol–water partition coefficient (Wildman–Crippen LogP) is 2.12. The SMILES string of the molecule is CCOc1ccc(C(=O)Nc2ccc(C(N)=O)cc2)cc1S(=O)(=O)NC(C)C. The zero-order valence-electron chi connectivity index (χ0n) is 15.9. The van der Waals surface area contributed by atoms with Crippen molar-refractivity contribution in [3.05, 3.63) is 53.6 Å². The number of nitrogens with two attached hydrogens (primary N) is 1. The lowest BCUT2D eigenvalue weighted by atomic mass is 10.1. The summed E-state index contributed by atoms with van der Waals surface area (Å²) in [5, 5.41) is 2.65. The summed E-state index contributed by atoms with van der Waals surface area (Å²) in [5.41, 5.74) is 6.08. The first-order chi connectivity index (χ1) is 13.1. The number of benzene rings is 2. The molecule has 2 aromatic rings. The highest BCUT2D eigenvalue weighted by atomic mass is 32.2. The summed E-state index contributed by atoms with van der Waals surface area (Å²) >= 11 is 0. The molecule has 2 rings (SSSR count). The molecule has 0 fully saturated rings. The number of primary amides is 1. The highest BCUT2D eigenvalue weighted by Crippen LogP contribution is 2.26. The Kier molecular flexibility index (Phi) is 6.76. The Labute approximate surface area is 164 Å². The number of hydrogen-bond donors (Lipinski definition) is 3. The first kappa shape index (κ1) is 21.4. The van der Waals surface area contributed by atoms with Crippen molar-refractivity contribution in [2.45, 2.75) is 31.7 Å². The van der Waals surface area contributed by atoms with Gasteiger partial charge in [0.25, 0.3) is 5.91 Å². The third kappa shape index (κ3) is 5.30. The Morgan fingerprint density at radius 1 is 1.07 bits per heavy atom. The van der Waals surface area contributed by atoms with Gasteiger partial charge >= 0.3 is 0 Å². The van der Waals surface area contributed by atoms with Crippen molar-refractivity contribution in [3.8, 4) is 5.75 Å². The molecule has 0 unspecified atom stereocenters. The topological polar surface area (TPSA) is 128 Å². The molecule has 0 atom stereocenters. The number of nitrogens with one attached hydrogen (secondary N) is 2. The average Bonchev–Trinajstić information content (AvgIpc) is 2.61. The van der Waals surface area contributed by atoms with E-state index < -0.39 is 21.8 Å². The van der Waals surface area contributed by atoms with E-state index in [4.69, 9.17) is 10.5 Å². The molecule has 28 heavy (non-hydrogen) atoms. The number of anilines is 1. The van der Waals surface area contributed by atoms with Crippen LogP contribution in [0.4, 0.5) is 5.69 Å². The molecule has 0 radical (unpaired) electrons. The average molecular weight is 405 g/mol. The van der Waals surface area contributed by atoms with Gasteiger partial charge in [0.05, 0.1) is 6.61 Å². The summed E-state index contributed by atoms with van der Waals surface area (Å²) in [6, 6.07) is 9.91. The molecule has 0 aliphatic heterocycles. The van der Waals surface area contributed by atoms with Crippen LogP contribution < -0.4 is 20.5 Å². The number of hydrogen-bond acceptors (Lipinski definition) is 5. The predicted molar refractivity (Wildman–Crippen MR) is 106 cm³/mol. The number of carbonyl (C=O) groups excluding carboxylic acids is 2. The molecule has 0 aromatic heterocycles. The van der Waals surface area contributed by atoms with E-state index in [1.54, 1.807) is 20.8 Å². The third-order valence-corrected chi connectivity index (χ3v) is 5.29. The Bertz CT molecular complexity index is 970. The van der Waals surface area contributed by atoms with Crippen LogP contribution in [0.5, 0.6) is 5.75 Å². The van der Waals surface area contributed by atoms with E-state index in [2.05, 4.69) is 10.0 Å². The van der Waals surface area contributed by atoms with Crippen LogP contribution in [0.3, 0.4) is 0 Å². The molecule has 150 valence electrons. The maximum Gasteiger partial charge on any atom is 0.255 e. The Morgan fingerprint density at radius 2 is 1.68 bits per heavy atom. The lowest BCUT2D eigenvalue weighted by Gasteiger charge is -2.15. The summed E-state index contributed by atoms with van der Waals surface area (Å²) in [6.07, 6.45) is 0. The molecule has 2 aromatic carbocycles. The van der Waals surface area contributed by atoms with Crippen molar-refractivity contribution in [3.63, 3.8) is 0 Å². The van der Waals surface area contributed by atoms with Crippen LogP contribution >= 0.6 is 0 Å². The fraction of sp³-hybridized carbons (Fsp3) is 0.263. The van der Waals surface area contributed by atoms with Crippen LogP contribution in [0.15, 0.2) is 47.4 Å². The normalized spacial score (nSPS) is 11.3. The van der Waals surface area contributed by atoms with E-state index in [9.17, 15) is 18.0 Å². The lowest BCUT2D eigenvalue weighted by Crippen LogP contribution is -2.30. The van der Waals surface area contributed by atoms with Gasteiger partial charge in [-0.1, -0.05) is 0 Å². The van der Waals surface area contributed by atoms with Crippen LogP contribution in [0.2, 0.25) is 0 Å². The standard InChI is InChI=1S/C19H23N3O5S/c1-4-27-16-10-7-14(11-17(16)28(25,26)22-12(2)3)19(24)21-15-8-5-13(6-9-15)18(20)23/h5-12,22H,4H2,1-3H3,(H2,20,23)(H,21,24). The van der Waals surface area contributed by atoms with Crippen molar-refractivity contribution in [1.82, 2.24) is 4.72 Å². The first-order valence-corrected chi connectivity index (χ1v) is 10.1. The van der Waals surface area contributed by atoms with E-state index in [-0.39, 0.29) is 28.9 Å². The van der Waals surface area contributed by atoms with Gasteiger partial charge in [-0.15, -0.1) is 0 Å². The minimum absolute atomic E-state index is 0.111. The molecule has 0 saturated carbocycles. The molecule has 4 N–H and O–H groups in total. The van der Waals surface area contributed by atoms with Gasteiger partial charge in [-0.3, -0.25) is 9.59 Å². The largest absolute Gasteiger partial charge is 0.492 e. The minimum atomic E-state index is -3.86. The van der Waals surface area contributed by atoms with Crippen LogP contribution in [-0.2, 0) is 10.0 Å². The molecule has 2 amide bonds. The van der Waals surface area contributed by atoms with Crippen molar-refractivity contribution in [1.29, 1.82) is 0 Å². The molecule has 0 aliphatic carbocycles. The van der Waals surface area contributed by atoms with Crippen molar-refractivity contribution >= 4 is 27.5 Å². The molecule has 0 heterocycles. The zero-order valence-corrected chi connectivity index (χ0v) is 16.7. The summed E-state index contributed by atoms with van der Waals surface area (Å²) in [4.78, 5) is 23.5. The molecular weight excluding hydrogens is 382 g/mol. The maximum atomic E-state index is 12.6. The molecule has 9 heteroatoms. The highest BCUT2D eigenvalue weighted by Gasteiger charge is 2.23. The lowest BCUT2D eigenvalue weighted by molar-refractivity contribution is 0.0998. The molecular formula is C19H23N3O5S. The number of carbonyl (C=O) groups is 2. The number of amides is 2. The Hall–Kier alpha value is -2.91. The van der Waals surface area contributed by atoms with Gasteiger partial charge in [0.2, 0.25) is 15.9 Å². The third-order valence-electron chi connectivity index (χ3n) is 3.61. The molecule has 0 bridgehead atoms. The van der Waals surface area contributed by atoms with E-state index in [0.717, 1.165) is 0 Å².